The predicted molar refractivity (Wildman–Crippen MR) is 71.0 cm³/mol. The summed E-state index contributed by atoms with van der Waals surface area (Å²) < 4.78 is 2.45. The Balaban J connectivity index is 2.92. The standard InChI is InChI=1S/C11H17ClN2O2S/c1-4-11(5-2,6-3)13-10(16)8-7(12)9(15)14-17-8/h4-6H2,1-3H3,(H,13,16)(H,14,15). The van der Waals surface area contributed by atoms with Crippen molar-refractivity contribution in [2.45, 2.75) is 45.6 Å². The molecule has 0 fully saturated rings. The summed E-state index contributed by atoms with van der Waals surface area (Å²) >= 11 is 6.74. The molecular formula is C11H17ClN2O2S. The summed E-state index contributed by atoms with van der Waals surface area (Å²) in [6.45, 7) is 6.11. The minimum Gasteiger partial charge on any atom is -0.346 e. The number of rotatable bonds is 5. The molecule has 0 aliphatic carbocycles. The number of carbonyl (C=O) groups is 1. The minimum atomic E-state index is -0.406. The molecule has 6 heteroatoms. The maximum atomic E-state index is 12.0. The Hall–Kier alpha value is -0.810. The number of hydrogen-bond acceptors (Lipinski definition) is 3. The number of hydrogen-bond donors (Lipinski definition) is 2. The molecule has 96 valence electrons. The quantitative estimate of drug-likeness (QED) is 0.869. The first-order valence-corrected chi connectivity index (χ1v) is 6.88. The van der Waals surface area contributed by atoms with Crippen molar-refractivity contribution in [3.05, 3.63) is 20.3 Å². The smallest absolute Gasteiger partial charge is 0.277 e. The maximum absolute atomic E-state index is 12.0. The van der Waals surface area contributed by atoms with Crippen LogP contribution in [0.1, 0.15) is 49.7 Å². The van der Waals surface area contributed by atoms with Crippen molar-refractivity contribution in [1.29, 1.82) is 0 Å². The van der Waals surface area contributed by atoms with E-state index in [1.165, 1.54) is 0 Å². The largest absolute Gasteiger partial charge is 0.346 e. The van der Waals surface area contributed by atoms with Crippen LogP contribution in [0.3, 0.4) is 0 Å². The summed E-state index contributed by atoms with van der Waals surface area (Å²) in [5, 5.41) is 2.95. The van der Waals surface area contributed by atoms with Gasteiger partial charge in [-0.2, -0.15) is 0 Å². The molecule has 0 aliphatic heterocycles. The van der Waals surface area contributed by atoms with Crippen molar-refractivity contribution < 1.29 is 4.79 Å². The van der Waals surface area contributed by atoms with Gasteiger partial charge >= 0.3 is 0 Å². The van der Waals surface area contributed by atoms with E-state index in [0.29, 0.717) is 0 Å². The second kappa shape index (κ2) is 5.69. The maximum Gasteiger partial charge on any atom is 0.277 e. The molecule has 0 saturated heterocycles. The van der Waals surface area contributed by atoms with Crippen molar-refractivity contribution in [3.63, 3.8) is 0 Å². The molecule has 2 N–H and O–H groups in total. The summed E-state index contributed by atoms with van der Waals surface area (Å²) in [4.78, 5) is 23.4. The van der Waals surface area contributed by atoms with Crippen LogP contribution < -0.4 is 10.9 Å². The van der Waals surface area contributed by atoms with Crippen LogP contribution in [-0.4, -0.2) is 15.8 Å². The molecule has 1 heterocycles. The molecule has 0 unspecified atom stereocenters. The molecule has 0 aliphatic rings. The van der Waals surface area contributed by atoms with E-state index in [1.807, 2.05) is 20.8 Å². The third-order valence-electron chi connectivity index (χ3n) is 3.26. The molecule has 0 saturated carbocycles. The molecule has 0 atom stereocenters. The molecule has 1 aromatic heterocycles. The first-order valence-electron chi connectivity index (χ1n) is 5.69. The van der Waals surface area contributed by atoms with Gasteiger partial charge < -0.3 is 5.32 Å². The second-order valence-corrected chi connectivity index (χ2v) is 5.17. The number of aromatic nitrogens is 1. The lowest BCUT2D eigenvalue weighted by Gasteiger charge is -2.31. The zero-order valence-corrected chi connectivity index (χ0v) is 11.8. The summed E-state index contributed by atoms with van der Waals surface area (Å²) in [5.74, 6) is -0.274. The Labute approximate surface area is 110 Å². The van der Waals surface area contributed by atoms with Crippen LogP contribution in [0.4, 0.5) is 0 Å². The highest BCUT2D eigenvalue weighted by Gasteiger charge is 2.28. The number of nitrogens with one attached hydrogen (secondary N) is 2. The Morgan fingerprint density at radius 2 is 1.88 bits per heavy atom. The Kier molecular flexibility index (Phi) is 4.77. The molecule has 17 heavy (non-hydrogen) atoms. The van der Waals surface area contributed by atoms with E-state index in [2.05, 4.69) is 9.69 Å². The highest BCUT2D eigenvalue weighted by Crippen LogP contribution is 2.22. The van der Waals surface area contributed by atoms with Crippen LogP contribution in [0.15, 0.2) is 4.79 Å². The average Bonchev–Trinajstić information content (AvgIpc) is 2.67. The Morgan fingerprint density at radius 1 is 1.35 bits per heavy atom. The van der Waals surface area contributed by atoms with Crippen LogP contribution in [0, 0.1) is 0 Å². The SMILES string of the molecule is CCC(CC)(CC)NC(=O)c1s[nH]c(=O)c1Cl. The van der Waals surface area contributed by atoms with E-state index < -0.39 is 5.56 Å². The van der Waals surface area contributed by atoms with Crippen molar-refractivity contribution in [1.82, 2.24) is 9.69 Å². The first kappa shape index (κ1) is 14.3. The van der Waals surface area contributed by atoms with Crippen LogP contribution in [0.2, 0.25) is 5.02 Å². The van der Waals surface area contributed by atoms with Gasteiger partial charge in [-0.25, -0.2) is 0 Å². The fraction of sp³-hybridized carbons (Fsp3) is 0.636. The van der Waals surface area contributed by atoms with E-state index in [9.17, 15) is 9.59 Å². The number of H-pyrrole nitrogens is 1. The average molecular weight is 277 g/mol. The molecule has 0 radical (unpaired) electrons. The monoisotopic (exact) mass is 276 g/mol. The van der Waals surface area contributed by atoms with Crippen LogP contribution in [0.25, 0.3) is 0 Å². The van der Waals surface area contributed by atoms with Gasteiger partial charge in [-0.1, -0.05) is 43.9 Å². The van der Waals surface area contributed by atoms with E-state index in [1.54, 1.807) is 0 Å². The van der Waals surface area contributed by atoms with Crippen molar-refractivity contribution in [2.24, 2.45) is 0 Å². The van der Waals surface area contributed by atoms with E-state index >= 15 is 0 Å². The topological polar surface area (TPSA) is 62.0 Å². The Morgan fingerprint density at radius 3 is 2.24 bits per heavy atom. The van der Waals surface area contributed by atoms with Gasteiger partial charge in [0.15, 0.2) is 0 Å². The lowest BCUT2D eigenvalue weighted by atomic mass is 9.90. The third-order valence-corrected chi connectivity index (χ3v) is 4.61. The molecule has 1 rings (SSSR count). The van der Waals surface area contributed by atoms with Gasteiger partial charge in [-0.3, -0.25) is 14.0 Å². The van der Waals surface area contributed by atoms with Crippen LogP contribution in [-0.2, 0) is 0 Å². The molecule has 1 aromatic rings. The van der Waals surface area contributed by atoms with Gasteiger partial charge in [0, 0.05) is 5.54 Å². The zero-order chi connectivity index (χ0) is 13.1. The minimum absolute atomic E-state index is 0.0234. The lowest BCUT2D eigenvalue weighted by molar-refractivity contribution is 0.0892. The molecule has 1 amide bonds. The lowest BCUT2D eigenvalue weighted by Crippen LogP contribution is -2.47. The predicted octanol–water partition coefficient (Wildman–Crippen LogP) is 2.79. The van der Waals surface area contributed by atoms with E-state index in [-0.39, 0.29) is 21.3 Å². The van der Waals surface area contributed by atoms with Crippen molar-refractivity contribution in [2.75, 3.05) is 0 Å². The summed E-state index contributed by atoms with van der Waals surface area (Å²) in [5.41, 5.74) is -0.620. The summed E-state index contributed by atoms with van der Waals surface area (Å²) in [7, 11) is 0. The van der Waals surface area contributed by atoms with Gasteiger partial charge in [0.05, 0.1) is 0 Å². The number of amides is 1. The first-order chi connectivity index (χ1) is 7.99. The summed E-state index contributed by atoms with van der Waals surface area (Å²) in [6.07, 6.45) is 2.55. The molecular weight excluding hydrogens is 260 g/mol. The number of aromatic amines is 1. The number of halogens is 1. The molecule has 0 bridgehead atoms. The highest BCUT2D eigenvalue weighted by atomic mass is 35.5. The highest BCUT2D eigenvalue weighted by molar-refractivity contribution is 7.08. The normalized spacial score (nSPS) is 11.5. The van der Waals surface area contributed by atoms with Gasteiger partial charge in [0.25, 0.3) is 11.5 Å². The van der Waals surface area contributed by atoms with E-state index in [0.717, 1.165) is 30.8 Å². The zero-order valence-electron chi connectivity index (χ0n) is 10.2. The second-order valence-electron chi connectivity index (χ2n) is 3.97. The van der Waals surface area contributed by atoms with Crippen LogP contribution >= 0.6 is 23.1 Å². The third kappa shape index (κ3) is 2.90. The molecule has 0 spiro atoms. The fourth-order valence-corrected chi connectivity index (χ4v) is 2.68. The van der Waals surface area contributed by atoms with E-state index in [4.69, 9.17) is 11.6 Å². The molecule has 0 aromatic carbocycles. The van der Waals surface area contributed by atoms with Crippen molar-refractivity contribution >= 4 is 29.0 Å². The summed E-state index contributed by atoms with van der Waals surface area (Å²) in [6, 6.07) is 0. The van der Waals surface area contributed by atoms with Gasteiger partial charge in [-0.15, -0.1) is 0 Å². The van der Waals surface area contributed by atoms with Crippen LogP contribution in [0.5, 0.6) is 0 Å². The van der Waals surface area contributed by atoms with Crippen molar-refractivity contribution in [3.8, 4) is 0 Å². The van der Waals surface area contributed by atoms with Gasteiger partial charge in [-0.05, 0) is 19.3 Å². The molecule has 4 nitrogen and oxygen atoms in total. The Bertz CT molecular complexity index is 440. The fourth-order valence-electron chi connectivity index (χ4n) is 1.75. The number of carbonyl (C=O) groups excluding carboxylic acids is 1. The van der Waals surface area contributed by atoms with Gasteiger partial charge in [0.2, 0.25) is 0 Å². The van der Waals surface area contributed by atoms with Gasteiger partial charge in [0.1, 0.15) is 9.90 Å².